The van der Waals surface area contributed by atoms with Crippen LogP contribution in [-0.2, 0) is 4.79 Å². The van der Waals surface area contributed by atoms with E-state index in [1.54, 1.807) is 0 Å². The smallest absolute Gasteiger partial charge is 0.251 e. The van der Waals surface area contributed by atoms with E-state index in [4.69, 9.17) is 0 Å². The number of hydrogen-bond donors (Lipinski definition) is 2. The highest BCUT2D eigenvalue weighted by Crippen LogP contribution is 2.40. The van der Waals surface area contributed by atoms with Crippen molar-refractivity contribution >= 4 is 17.5 Å². The summed E-state index contributed by atoms with van der Waals surface area (Å²) in [6, 6.07) is 14.4. The maximum Gasteiger partial charge on any atom is 0.251 e. The van der Waals surface area contributed by atoms with Gasteiger partial charge in [-0.1, -0.05) is 12.1 Å². The molecule has 7 heteroatoms. The van der Waals surface area contributed by atoms with Crippen molar-refractivity contribution in [1.29, 1.82) is 0 Å². The zero-order valence-corrected chi connectivity index (χ0v) is 21.6. The molecule has 0 unspecified atom stereocenters. The second-order valence-corrected chi connectivity index (χ2v) is 10.7. The van der Waals surface area contributed by atoms with Crippen molar-refractivity contribution in [3.8, 4) is 0 Å². The SMILES string of the molecule is O=C(N[C@@H](CCCN[C@@H]1C[C@H]1c1ccc(F)cc1)C(=O)N1CCCCC1)c1ccc(N2CCCC2)cc1. The van der Waals surface area contributed by atoms with Gasteiger partial charge in [0, 0.05) is 49.4 Å². The summed E-state index contributed by atoms with van der Waals surface area (Å²) < 4.78 is 13.2. The number of benzene rings is 2. The average molecular weight is 507 g/mol. The molecular weight excluding hydrogens is 467 g/mol. The van der Waals surface area contributed by atoms with Crippen molar-refractivity contribution in [3.63, 3.8) is 0 Å². The first-order chi connectivity index (χ1) is 18.1. The van der Waals surface area contributed by atoms with Crippen LogP contribution in [0.1, 0.15) is 73.2 Å². The highest BCUT2D eigenvalue weighted by molar-refractivity contribution is 5.97. The van der Waals surface area contributed by atoms with Gasteiger partial charge in [0.15, 0.2) is 0 Å². The van der Waals surface area contributed by atoms with Crippen LogP contribution in [0.5, 0.6) is 0 Å². The molecule has 5 rings (SSSR count). The average Bonchev–Trinajstić information content (AvgIpc) is 3.49. The molecule has 2 N–H and O–H groups in total. The number of amides is 2. The highest BCUT2D eigenvalue weighted by atomic mass is 19.1. The first-order valence-electron chi connectivity index (χ1n) is 14.0. The van der Waals surface area contributed by atoms with E-state index in [9.17, 15) is 14.0 Å². The van der Waals surface area contributed by atoms with E-state index in [0.29, 0.717) is 23.9 Å². The number of halogens is 1. The molecule has 3 aliphatic rings. The van der Waals surface area contributed by atoms with Crippen molar-refractivity contribution < 1.29 is 14.0 Å². The van der Waals surface area contributed by atoms with Crippen LogP contribution in [0.4, 0.5) is 10.1 Å². The maximum absolute atomic E-state index is 13.4. The molecule has 3 fully saturated rings. The van der Waals surface area contributed by atoms with Crippen LogP contribution in [0, 0.1) is 5.82 Å². The molecule has 0 radical (unpaired) electrons. The lowest BCUT2D eigenvalue weighted by molar-refractivity contribution is -0.134. The second kappa shape index (κ2) is 12.1. The van der Waals surface area contributed by atoms with Gasteiger partial charge in [0.1, 0.15) is 11.9 Å². The van der Waals surface area contributed by atoms with Crippen molar-refractivity contribution in [2.45, 2.75) is 69.4 Å². The summed E-state index contributed by atoms with van der Waals surface area (Å²) in [4.78, 5) is 30.7. The Morgan fingerprint density at radius 2 is 1.57 bits per heavy atom. The van der Waals surface area contributed by atoms with Crippen LogP contribution in [0.2, 0.25) is 0 Å². The Labute approximate surface area is 219 Å². The molecule has 2 aromatic carbocycles. The summed E-state index contributed by atoms with van der Waals surface area (Å²) in [5, 5.41) is 6.63. The number of rotatable bonds is 10. The molecule has 2 aromatic rings. The fourth-order valence-electron chi connectivity index (χ4n) is 5.73. The van der Waals surface area contributed by atoms with Crippen molar-refractivity contribution in [2.75, 3.05) is 37.6 Å². The van der Waals surface area contributed by atoms with Gasteiger partial charge in [0.25, 0.3) is 5.91 Å². The number of hydrogen-bond acceptors (Lipinski definition) is 4. The molecule has 2 amide bonds. The van der Waals surface area contributed by atoms with Gasteiger partial charge in [-0.25, -0.2) is 4.39 Å². The molecular formula is C30H39FN4O2. The van der Waals surface area contributed by atoms with Crippen LogP contribution in [-0.4, -0.2) is 61.5 Å². The van der Waals surface area contributed by atoms with Crippen LogP contribution >= 0.6 is 0 Å². The molecule has 198 valence electrons. The van der Waals surface area contributed by atoms with Gasteiger partial charge in [0.2, 0.25) is 5.91 Å². The summed E-state index contributed by atoms with van der Waals surface area (Å²) in [5.41, 5.74) is 2.91. The number of nitrogens with one attached hydrogen (secondary N) is 2. The fraction of sp³-hybridized carbons (Fsp3) is 0.533. The molecule has 2 saturated heterocycles. The first-order valence-corrected chi connectivity index (χ1v) is 14.0. The lowest BCUT2D eigenvalue weighted by Crippen LogP contribution is -2.50. The van der Waals surface area contributed by atoms with E-state index in [2.05, 4.69) is 15.5 Å². The normalized spacial score (nSPS) is 22.1. The van der Waals surface area contributed by atoms with Crippen molar-refractivity contribution in [2.24, 2.45) is 0 Å². The highest BCUT2D eigenvalue weighted by Gasteiger charge is 2.37. The van der Waals surface area contributed by atoms with Crippen LogP contribution in [0.25, 0.3) is 0 Å². The zero-order valence-electron chi connectivity index (χ0n) is 21.6. The Kier molecular flexibility index (Phi) is 8.39. The van der Waals surface area contributed by atoms with Gasteiger partial charge in [-0.05, 0) is 99.9 Å². The zero-order chi connectivity index (χ0) is 25.6. The Bertz CT molecular complexity index is 1050. The summed E-state index contributed by atoms with van der Waals surface area (Å²) in [7, 11) is 0. The predicted molar refractivity (Wildman–Crippen MR) is 144 cm³/mol. The molecule has 3 atom stereocenters. The van der Waals surface area contributed by atoms with Gasteiger partial charge in [-0.2, -0.15) is 0 Å². The molecule has 1 aliphatic carbocycles. The number of carbonyl (C=O) groups excluding carboxylic acids is 2. The number of piperidine rings is 1. The van der Waals surface area contributed by atoms with Gasteiger partial charge >= 0.3 is 0 Å². The minimum absolute atomic E-state index is 0.0392. The molecule has 0 aromatic heterocycles. The Balaban J connectivity index is 1.14. The molecule has 0 bridgehead atoms. The summed E-state index contributed by atoms with van der Waals surface area (Å²) >= 11 is 0. The van der Waals surface area contributed by atoms with E-state index in [1.807, 2.05) is 41.3 Å². The number of likely N-dealkylation sites (tertiary alicyclic amines) is 1. The van der Waals surface area contributed by atoms with E-state index >= 15 is 0 Å². The Morgan fingerprint density at radius 3 is 2.27 bits per heavy atom. The largest absolute Gasteiger partial charge is 0.372 e. The quantitative estimate of drug-likeness (QED) is 0.467. The summed E-state index contributed by atoms with van der Waals surface area (Å²) in [5.74, 6) is 0.0738. The lowest BCUT2D eigenvalue weighted by atomic mass is 10.1. The summed E-state index contributed by atoms with van der Waals surface area (Å²) in [6.07, 6.45) is 8.09. The minimum atomic E-state index is -0.516. The monoisotopic (exact) mass is 506 g/mol. The molecule has 1 saturated carbocycles. The maximum atomic E-state index is 13.4. The number of anilines is 1. The standard InChI is InChI=1S/C30H39FN4O2/c31-24-12-8-22(9-13-24)26-21-28(26)32-16-6-7-27(30(37)35-19-2-1-3-20-35)33-29(36)23-10-14-25(15-11-23)34-17-4-5-18-34/h8-15,26-28,32H,1-7,16-21H2,(H,33,36)/t26-,27-,28+/m0/s1. The van der Waals surface area contributed by atoms with Gasteiger partial charge in [-0.3, -0.25) is 9.59 Å². The Hall–Kier alpha value is -2.93. The van der Waals surface area contributed by atoms with Gasteiger partial charge in [0.05, 0.1) is 0 Å². The summed E-state index contributed by atoms with van der Waals surface area (Å²) in [6.45, 7) is 4.46. The van der Waals surface area contributed by atoms with E-state index in [0.717, 1.165) is 70.5 Å². The van der Waals surface area contributed by atoms with Crippen molar-refractivity contribution in [3.05, 3.63) is 65.5 Å². The van der Waals surface area contributed by atoms with Gasteiger partial charge < -0.3 is 20.4 Å². The Morgan fingerprint density at radius 1 is 0.892 bits per heavy atom. The fourth-order valence-corrected chi connectivity index (χ4v) is 5.73. The lowest BCUT2D eigenvalue weighted by Gasteiger charge is -2.31. The third-order valence-electron chi connectivity index (χ3n) is 8.04. The molecule has 37 heavy (non-hydrogen) atoms. The van der Waals surface area contributed by atoms with E-state index < -0.39 is 6.04 Å². The topological polar surface area (TPSA) is 64.7 Å². The van der Waals surface area contributed by atoms with Crippen molar-refractivity contribution in [1.82, 2.24) is 15.5 Å². The van der Waals surface area contributed by atoms with Crippen LogP contribution in [0.15, 0.2) is 48.5 Å². The van der Waals surface area contributed by atoms with Crippen LogP contribution in [0.3, 0.4) is 0 Å². The second-order valence-electron chi connectivity index (χ2n) is 10.7. The predicted octanol–water partition coefficient (Wildman–Crippen LogP) is 4.46. The third-order valence-corrected chi connectivity index (χ3v) is 8.04. The number of nitrogens with zero attached hydrogens (tertiary/aromatic N) is 2. The minimum Gasteiger partial charge on any atom is -0.372 e. The molecule has 2 aliphatic heterocycles. The number of carbonyl (C=O) groups is 2. The first kappa shape index (κ1) is 25.7. The third kappa shape index (κ3) is 6.69. The molecule has 2 heterocycles. The van der Waals surface area contributed by atoms with E-state index in [-0.39, 0.29) is 17.6 Å². The van der Waals surface area contributed by atoms with Crippen LogP contribution < -0.4 is 15.5 Å². The van der Waals surface area contributed by atoms with Gasteiger partial charge in [-0.15, -0.1) is 0 Å². The molecule has 6 nitrogen and oxygen atoms in total. The van der Waals surface area contributed by atoms with E-state index in [1.165, 1.54) is 30.5 Å². The molecule has 0 spiro atoms.